The number of thiophene rings is 1. The second kappa shape index (κ2) is 24.9. The van der Waals surface area contributed by atoms with Crippen molar-refractivity contribution in [1.29, 1.82) is 0 Å². The minimum absolute atomic E-state index is 0.0905. The SMILES string of the molecule is [B]c1ccc(C[C@H]2NC(=O)[C@H](Cc3cccs3)NC(=O)[C@H](OC(C)=O)[C@@H](OC(C)=O)C(=O)Nc3ccc(cc3)C[C@H](C(=O)N[C@@H](Cc3ccccc3)C(=O)O)NC(=O)[C@H](Cc3ccccc3)NC2=O)cc1. The third-order valence-electron chi connectivity index (χ3n) is 11.2. The number of rotatable bonds is 13. The lowest BCUT2D eigenvalue weighted by Gasteiger charge is -2.28. The van der Waals surface area contributed by atoms with Gasteiger partial charge in [-0.1, -0.05) is 109 Å². The summed E-state index contributed by atoms with van der Waals surface area (Å²) in [5, 5.41) is 27.8. The Bertz CT molecular complexity index is 2690. The predicted octanol–water partition coefficient (Wildman–Crippen LogP) is 1.38. The van der Waals surface area contributed by atoms with Gasteiger partial charge >= 0.3 is 17.9 Å². The molecule has 7 atom stereocenters. The number of carbonyl (C=O) groups excluding carboxylic acids is 8. The van der Waals surface area contributed by atoms with E-state index in [4.69, 9.17) is 17.3 Å². The summed E-state index contributed by atoms with van der Waals surface area (Å²) in [6, 6.07) is 25.7. The number of anilines is 1. The highest BCUT2D eigenvalue weighted by Gasteiger charge is 2.42. The molecule has 366 valence electrons. The number of aliphatic carboxylic acids is 1. The van der Waals surface area contributed by atoms with Crippen LogP contribution >= 0.6 is 11.3 Å². The molecule has 0 aliphatic carbocycles. The molecule has 0 saturated carbocycles. The standard InChI is InChI=1S/C51H51BN6O12S/c1-29(59)69-43-44(70-30(2)60)50(66)57-41(28-37-14-9-23-71-37)48(64)56-39(25-33-15-19-35(52)20-16-33)46(62)54-38(24-31-10-5-3-6-11-31)45(61)55-40(26-34-17-21-36(22-18-34)53-49(43)65)47(63)58-42(51(67)68)27-32-12-7-4-8-13-32/h3-23,38-44H,24-28H2,1-2H3,(H,53,65)(H,54,62)(H,55,61)(H,56,64)(H,57,66)(H,58,63)(H,67,68)/t38-,39+,40+,41-,42-,43+,44+/m0/s1. The van der Waals surface area contributed by atoms with Gasteiger partial charge in [-0.25, -0.2) is 4.79 Å². The molecule has 0 fully saturated rings. The Labute approximate surface area is 414 Å². The normalized spacial score (nSPS) is 20.6. The molecule has 1 aromatic heterocycles. The minimum Gasteiger partial charge on any atom is -0.480 e. The van der Waals surface area contributed by atoms with Crippen LogP contribution < -0.4 is 37.4 Å². The molecule has 0 spiro atoms. The van der Waals surface area contributed by atoms with E-state index in [9.17, 15) is 48.3 Å². The van der Waals surface area contributed by atoms with Gasteiger partial charge in [-0.3, -0.25) is 38.4 Å². The molecule has 6 amide bonds. The molecule has 2 aliphatic rings. The minimum atomic E-state index is -2.14. The van der Waals surface area contributed by atoms with E-state index in [0.29, 0.717) is 32.6 Å². The van der Waals surface area contributed by atoms with Crippen molar-refractivity contribution in [3.63, 3.8) is 0 Å². The summed E-state index contributed by atoms with van der Waals surface area (Å²) >= 11 is 1.25. The molecule has 71 heavy (non-hydrogen) atoms. The predicted molar refractivity (Wildman–Crippen MR) is 261 cm³/mol. The van der Waals surface area contributed by atoms with Gasteiger partial charge in [0.25, 0.3) is 11.8 Å². The summed E-state index contributed by atoms with van der Waals surface area (Å²) < 4.78 is 10.6. The summed E-state index contributed by atoms with van der Waals surface area (Å²) in [4.78, 5) is 125. The van der Waals surface area contributed by atoms with Crippen molar-refractivity contribution in [3.05, 3.63) is 154 Å². The van der Waals surface area contributed by atoms with Gasteiger partial charge in [-0.05, 0) is 45.8 Å². The lowest BCUT2D eigenvalue weighted by Crippen LogP contribution is -2.61. The van der Waals surface area contributed by atoms with Crippen molar-refractivity contribution in [1.82, 2.24) is 26.6 Å². The van der Waals surface area contributed by atoms with E-state index in [1.807, 2.05) is 0 Å². The first-order valence-electron chi connectivity index (χ1n) is 22.4. The number of amides is 6. The zero-order chi connectivity index (χ0) is 51.0. The number of fused-ring (bicyclic) bond motifs is 18. The molecule has 0 unspecified atom stereocenters. The van der Waals surface area contributed by atoms with E-state index in [1.54, 1.807) is 102 Å². The van der Waals surface area contributed by atoms with Crippen molar-refractivity contribution in [2.45, 2.75) is 88.4 Å². The molecule has 2 aliphatic heterocycles. The fourth-order valence-electron chi connectivity index (χ4n) is 7.64. The number of ether oxygens (including phenoxy) is 2. The average molecular weight is 983 g/mol. The number of carboxylic acids is 1. The van der Waals surface area contributed by atoms with Crippen LogP contribution in [0.1, 0.15) is 41.0 Å². The monoisotopic (exact) mass is 982 g/mol. The van der Waals surface area contributed by atoms with Crippen molar-refractivity contribution < 1.29 is 57.7 Å². The molecule has 18 nitrogen and oxygen atoms in total. The Hall–Kier alpha value is -8.13. The largest absolute Gasteiger partial charge is 0.480 e. The van der Waals surface area contributed by atoms with Crippen LogP contribution in [0.4, 0.5) is 5.69 Å². The summed E-state index contributed by atoms with van der Waals surface area (Å²) in [5.41, 5.74) is 2.68. The van der Waals surface area contributed by atoms with E-state index in [0.717, 1.165) is 13.8 Å². The Kier molecular flexibility index (Phi) is 18.4. The van der Waals surface area contributed by atoms with E-state index in [-0.39, 0.29) is 37.8 Å². The lowest BCUT2D eigenvalue weighted by atomic mass is 9.93. The van der Waals surface area contributed by atoms with Crippen LogP contribution in [0.2, 0.25) is 0 Å². The zero-order valence-corrected chi connectivity index (χ0v) is 39.4. The van der Waals surface area contributed by atoms with Gasteiger partial charge in [0.15, 0.2) is 0 Å². The quantitative estimate of drug-likeness (QED) is 0.0502. The molecule has 7 N–H and O–H groups in total. The van der Waals surface area contributed by atoms with Crippen LogP contribution in [0, 0.1) is 0 Å². The maximum Gasteiger partial charge on any atom is 0.326 e. The highest BCUT2D eigenvalue weighted by Crippen LogP contribution is 2.18. The van der Waals surface area contributed by atoms with Gasteiger partial charge in [-0.15, -0.1) is 11.3 Å². The summed E-state index contributed by atoms with van der Waals surface area (Å²) in [6.45, 7) is 1.94. The summed E-state index contributed by atoms with van der Waals surface area (Å²) in [7, 11) is 5.96. The molecule has 20 heteroatoms. The molecule has 0 saturated heterocycles. The van der Waals surface area contributed by atoms with E-state index in [2.05, 4.69) is 31.9 Å². The fraction of sp³-hybridized carbons (Fsp3) is 0.275. The summed E-state index contributed by atoms with van der Waals surface area (Å²) in [5.74, 6) is -9.16. The second-order valence-electron chi connectivity index (χ2n) is 16.7. The van der Waals surface area contributed by atoms with Gasteiger partial charge in [0, 0.05) is 56.5 Å². The van der Waals surface area contributed by atoms with Gasteiger partial charge in [0.05, 0.1) is 0 Å². The summed E-state index contributed by atoms with van der Waals surface area (Å²) in [6.07, 6.45) is -4.99. The Balaban J connectivity index is 1.44. The number of benzene rings is 4. The number of nitrogens with one attached hydrogen (secondary N) is 6. The van der Waals surface area contributed by atoms with Crippen LogP contribution in [0.25, 0.3) is 0 Å². The van der Waals surface area contributed by atoms with Gasteiger partial charge in [0.2, 0.25) is 35.8 Å². The van der Waals surface area contributed by atoms with Gasteiger partial charge < -0.3 is 46.5 Å². The lowest BCUT2D eigenvalue weighted by molar-refractivity contribution is -0.173. The molecular weight excluding hydrogens is 931 g/mol. The Morgan fingerprint density at radius 3 is 1.66 bits per heavy atom. The third kappa shape index (κ3) is 15.7. The highest BCUT2D eigenvalue weighted by molar-refractivity contribution is 7.09. The van der Waals surface area contributed by atoms with E-state index in [1.165, 1.54) is 35.6 Å². The molecule has 5 aromatic rings. The molecule has 2 bridgehead atoms. The first-order valence-corrected chi connectivity index (χ1v) is 23.3. The number of carboxylic acid groups (broad SMARTS) is 1. The Morgan fingerprint density at radius 2 is 1.13 bits per heavy atom. The smallest absolute Gasteiger partial charge is 0.326 e. The van der Waals surface area contributed by atoms with Crippen LogP contribution in [0.3, 0.4) is 0 Å². The zero-order valence-electron chi connectivity index (χ0n) is 38.6. The number of carbonyl (C=O) groups is 9. The maximum absolute atomic E-state index is 14.7. The maximum atomic E-state index is 14.7. The molecular formula is C51H51BN6O12S. The number of esters is 2. The Morgan fingerprint density at radius 1 is 0.620 bits per heavy atom. The van der Waals surface area contributed by atoms with Crippen molar-refractivity contribution in [3.8, 4) is 0 Å². The highest BCUT2D eigenvalue weighted by atomic mass is 32.1. The van der Waals surface area contributed by atoms with Crippen LogP contribution in [-0.2, 0) is 84.7 Å². The fourth-order valence-corrected chi connectivity index (χ4v) is 8.39. The topological polar surface area (TPSA) is 264 Å². The van der Waals surface area contributed by atoms with Crippen LogP contribution in [-0.4, -0.2) is 109 Å². The van der Waals surface area contributed by atoms with Gasteiger partial charge in [0.1, 0.15) is 38.1 Å². The van der Waals surface area contributed by atoms with E-state index < -0.39 is 95.8 Å². The molecule has 7 rings (SSSR count). The first kappa shape index (κ1) is 52.3. The number of hydrogen-bond donors (Lipinski definition) is 7. The van der Waals surface area contributed by atoms with Crippen LogP contribution in [0.5, 0.6) is 0 Å². The first-order chi connectivity index (χ1) is 34.0. The average Bonchev–Trinajstić information content (AvgIpc) is 3.86. The number of hydrogen-bond acceptors (Lipinski definition) is 12. The van der Waals surface area contributed by atoms with Crippen molar-refractivity contribution in [2.24, 2.45) is 0 Å². The third-order valence-corrected chi connectivity index (χ3v) is 12.1. The van der Waals surface area contributed by atoms with Crippen molar-refractivity contribution in [2.75, 3.05) is 5.32 Å². The second-order valence-corrected chi connectivity index (χ2v) is 17.7. The molecule has 2 radical (unpaired) electrons. The molecule has 3 heterocycles. The van der Waals surface area contributed by atoms with Crippen LogP contribution in [0.15, 0.2) is 127 Å². The van der Waals surface area contributed by atoms with E-state index >= 15 is 0 Å². The van der Waals surface area contributed by atoms with Gasteiger partial charge in [-0.2, -0.15) is 0 Å². The molecule has 4 aromatic carbocycles. The van der Waals surface area contributed by atoms with Crippen molar-refractivity contribution >= 4 is 83.7 Å².